The summed E-state index contributed by atoms with van der Waals surface area (Å²) in [5.74, 6) is -4.26. The molecule has 0 aliphatic carbocycles. The molecule has 2 aromatic carbocycles. The fourth-order valence-electron chi connectivity index (χ4n) is 4.88. The van der Waals surface area contributed by atoms with Gasteiger partial charge in [0.1, 0.15) is 28.4 Å². The van der Waals surface area contributed by atoms with Crippen LogP contribution in [-0.2, 0) is 26.2 Å². The average molecular weight is 523 g/mol. The van der Waals surface area contributed by atoms with E-state index in [-0.39, 0.29) is 51.1 Å². The molecule has 1 unspecified atom stereocenters. The first-order chi connectivity index (χ1) is 17.1. The van der Waals surface area contributed by atoms with E-state index in [2.05, 4.69) is 5.32 Å². The van der Waals surface area contributed by atoms with Crippen molar-refractivity contribution in [3.05, 3.63) is 58.9 Å². The number of hydrogen-bond donors (Lipinski definition) is 1. The zero-order valence-electron chi connectivity index (χ0n) is 18.8. The number of amides is 3. The van der Waals surface area contributed by atoms with Crippen LogP contribution in [0.3, 0.4) is 0 Å². The van der Waals surface area contributed by atoms with E-state index in [1.54, 1.807) is 4.90 Å². The number of benzene rings is 2. The van der Waals surface area contributed by atoms with E-state index in [1.807, 2.05) is 0 Å². The van der Waals surface area contributed by atoms with Gasteiger partial charge >= 0.3 is 0 Å². The van der Waals surface area contributed by atoms with Gasteiger partial charge in [-0.3, -0.25) is 19.7 Å². The van der Waals surface area contributed by atoms with Crippen molar-refractivity contribution in [2.24, 2.45) is 0 Å². The third-order valence-corrected chi connectivity index (χ3v) is 8.62. The van der Waals surface area contributed by atoms with Crippen LogP contribution in [0.5, 0.6) is 0 Å². The van der Waals surface area contributed by atoms with Crippen molar-refractivity contribution >= 4 is 33.4 Å². The number of rotatable bonds is 4. The van der Waals surface area contributed by atoms with Crippen LogP contribution in [0.25, 0.3) is 0 Å². The number of carbonyl (C=O) groups excluding carboxylic acids is 3. The number of imide groups is 1. The highest BCUT2D eigenvalue weighted by Gasteiger charge is 2.41. The first-order valence-electron chi connectivity index (χ1n) is 11.2. The Balaban J connectivity index is 1.36. The minimum Gasteiger partial charge on any atom is -0.369 e. The third-order valence-electron chi connectivity index (χ3n) is 6.69. The normalized spacial score (nSPS) is 21.1. The lowest BCUT2D eigenvalue weighted by atomic mass is 10.0. The molecule has 3 heterocycles. The van der Waals surface area contributed by atoms with Crippen molar-refractivity contribution in [1.82, 2.24) is 14.5 Å². The second-order valence-electron chi connectivity index (χ2n) is 8.82. The lowest BCUT2D eigenvalue weighted by Crippen LogP contribution is -2.52. The van der Waals surface area contributed by atoms with E-state index in [9.17, 15) is 36.0 Å². The summed E-state index contributed by atoms with van der Waals surface area (Å²) in [5.41, 5.74) is 1.02. The van der Waals surface area contributed by atoms with Gasteiger partial charge in [0.15, 0.2) is 0 Å². The molecular formula is C23H21F3N4O5S. The fraction of sp³-hybridized carbons (Fsp3) is 0.348. The van der Waals surface area contributed by atoms with E-state index >= 15 is 0 Å². The highest BCUT2D eigenvalue weighted by Crippen LogP contribution is 2.36. The standard InChI is InChI=1S/C23H21F3N4O5S/c24-13-1-3-20(17(26)10-13)36(34,35)29-7-5-28(6-8-29)19-11-14(25)9-15-16(19)12-30(23(15)33)18-2-4-21(31)27-22(18)32/h1,3,9-11,18H,2,4-8,12H2,(H,27,31,32). The molecule has 5 rings (SSSR count). The van der Waals surface area contributed by atoms with Crippen LogP contribution in [0.4, 0.5) is 18.9 Å². The number of halogens is 3. The van der Waals surface area contributed by atoms with Gasteiger partial charge in [0.25, 0.3) is 5.91 Å². The lowest BCUT2D eigenvalue weighted by Gasteiger charge is -2.36. The number of fused-ring (bicyclic) bond motifs is 1. The maximum absolute atomic E-state index is 14.5. The molecule has 0 saturated carbocycles. The first kappa shape index (κ1) is 24.3. The van der Waals surface area contributed by atoms with Crippen molar-refractivity contribution in [1.29, 1.82) is 0 Å². The molecule has 0 radical (unpaired) electrons. The van der Waals surface area contributed by atoms with Crippen molar-refractivity contribution < 1.29 is 36.0 Å². The van der Waals surface area contributed by atoms with Gasteiger partial charge < -0.3 is 9.80 Å². The number of hydrogen-bond acceptors (Lipinski definition) is 6. The molecule has 190 valence electrons. The molecule has 3 aliphatic heterocycles. The number of nitrogens with one attached hydrogen (secondary N) is 1. The smallest absolute Gasteiger partial charge is 0.255 e. The number of carbonyl (C=O) groups is 3. The summed E-state index contributed by atoms with van der Waals surface area (Å²) in [5, 5.41) is 2.22. The summed E-state index contributed by atoms with van der Waals surface area (Å²) in [6.45, 7) is 0.203. The largest absolute Gasteiger partial charge is 0.369 e. The van der Waals surface area contributed by atoms with Gasteiger partial charge in [-0.1, -0.05) is 0 Å². The molecule has 9 nitrogen and oxygen atoms in total. The average Bonchev–Trinajstić information content (AvgIpc) is 3.14. The Hall–Kier alpha value is -3.45. The molecule has 2 fully saturated rings. The monoisotopic (exact) mass is 522 g/mol. The number of piperidine rings is 1. The molecule has 0 spiro atoms. The minimum atomic E-state index is -4.22. The van der Waals surface area contributed by atoms with Crippen LogP contribution in [0.2, 0.25) is 0 Å². The Morgan fingerprint density at radius 1 is 0.917 bits per heavy atom. The Labute approximate surface area is 204 Å². The van der Waals surface area contributed by atoms with Crippen LogP contribution >= 0.6 is 0 Å². The molecule has 1 atom stereocenters. The van der Waals surface area contributed by atoms with E-state index in [0.29, 0.717) is 17.3 Å². The molecule has 2 aromatic rings. The summed E-state index contributed by atoms with van der Waals surface area (Å²) in [7, 11) is -4.22. The summed E-state index contributed by atoms with van der Waals surface area (Å²) < 4.78 is 68.7. The van der Waals surface area contributed by atoms with E-state index in [0.717, 1.165) is 22.5 Å². The summed E-state index contributed by atoms with van der Waals surface area (Å²) in [6, 6.07) is 3.75. The summed E-state index contributed by atoms with van der Waals surface area (Å²) in [6.07, 6.45) is 0.252. The van der Waals surface area contributed by atoms with Gasteiger partial charge in [0.05, 0.1) is 0 Å². The molecule has 3 amide bonds. The van der Waals surface area contributed by atoms with Crippen LogP contribution in [0.1, 0.15) is 28.8 Å². The SMILES string of the molecule is O=C1CCC(N2Cc3c(cc(F)cc3N3CCN(S(=O)(=O)c4ccc(F)cc4F)CC3)C2=O)C(=O)N1. The quantitative estimate of drug-likeness (QED) is 0.608. The minimum absolute atomic E-state index is 0.0371. The second-order valence-corrected chi connectivity index (χ2v) is 10.7. The van der Waals surface area contributed by atoms with Gasteiger partial charge in [-0.25, -0.2) is 21.6 Å². The van der Waals surface area contributed by atoms with Gasteiger partial charge in [-0.05, 0) is 30.7 Å². The van der Waals surface area contributed by atoms with E-state index in [1.165, 1.54) is 11.0 Å². The van der Waals surface area contributed by atoms with E-state index < -0.39 is 56.1 Å². The van der Waals surface area contributed by atoms with Gasteiger partial charge in [-0.2, -0.15) is 4.31 Å². The fourth-order valence-corrected chi connectivity index (χ4v) is 6.35. The van der Waals surface area contributed by atoms with Crippen LogP contribution in [-0.4, -0.2) is 67.6 Å². The van der Waals surface area contributed by atoms with Crippen LogP contribution in [0, 0.1) is 17.5 Å². The molecule has 36 heavy (non-hydrogen) atoms. The van der Waals surface area contributed by atoms with Crippen LogP contribution in [0.15, 0.2) is 35.2 Å². The highest BCUT2D eigenvalue weighted by molar-refractivity contribution is 7.89. The molecule has 3 aliphatic rings. The Kier molecular flexibility index (Phi) is 5.99. The Morgan fingerprint density at radius 2 is 1.64 bits per heavy atom. The predicted octanol–water partition coefficient (Wildman–Crippen LogP) is 1.38. The second kappa shape index (κ2) is 8.89. The van der Waals surface area contributed by atoms with Crippen molar-refractivity contribution in [3.8, 4) is 0 Å². The predicted molar refractivity (Wildman–Crippen MR) is 120 cm³/mol. The van der Waals surface area contributed by atoms with Crippen molar-refractivity contribution in [3.63, 3.8) is 0 Å². The third kappa shape index (κ3) is 4.11. The number of anilines is 1. The summed E-state index contributed by atoms with van der Waals surface area (Å²) >= 11 is 0. The maximum Gasteiger partial charge on any atom is 0.255 e. The zero-order chi connectivity index (χ0) is 25.8. The maximum atomic E-state index is 14.5. The van der Waals surface area contributed by atoms with Gasteiger partial charge in [-0.15, -0.1) is 0 Å². The number of piperazine rings is 1. The molecule has 0 aromatic heterocycles. The van der Waals surface area contributed by atoms with Crippen LogP contribution < -0.4 is 10.2 Å². The van der Waals surface area contributed by atoms with E-state index in [4.69, 9.17) is 0 Å². The molecule has 0 bridgehead atoms. The number of nitrogens with zero attached hydrogens (tertiary/aromatic N) is 3. The first-order valence-corrected chi connectivity index (χ1v) is 12.7. The van der Waals surface area contributed by atoms with Gasteiger partial charge in [0.2, 0.25) is 21.8 Å². The highest BCUT2D eigenvalue weighted by atomic mass is 32.2. The number of sulfonamides is 1. The van der Waals surface area contributed by atoms with Crippen molar-refractivity contribution in [2.75, 3.05) is 31.1 Å². The molecule has 13 heteroatoms. The van der Waals surface area contributed by atoms with Crippen molar-refractivity contribution in [2.45, 2.75) is 30.3 Å². The summed E-state index contributed by atoms with van der Waals surface area (Å²) in [4.78, 5) is 39.2. The molecule has 1 N–H and O–H groups in total. The topological polar surface area (TPSA) is 107 Å². The zero-order valence-corrected chi connectivity index (χ0v) is 19.7. The lowest BCUT2D eigenvalue weighted by molar-refractivity contribution is -0.136. The van der Waals surface area contributed by atoms with Gasteiger partial charge in [0, 0.05) is 62.0 Å². The Morgan fingerprint density at radius 3 is 2.31 bits per heavy atom. The molecule has 2 saturated heterocycles. The molecular weight excluding hydrogens is 501 g/mol. The Bertz CT molecular complexity index is 1390.